The molecule has 0 radical (unpaired) electrons. The molecule has 0 aliphatic heterocycles. The molecule has 0 amide bonds. The summed E-state index contributed by atoms with van der Waals surface area (Å²) in [5.74, 6) is 3.18. The third kappa shape index (κ3) is 4.38. The molecular formula is C20H22N4O3. The molecule has 0 saturated heterocycles. The smallest absolute Gasteiger partial charge is 0.229 e. The summed E-state index contributed by atoms with van der Waals surface area (Å²) in [6.07, 6.45) is 1.68. The van der Waals surface area contributed by atoms with E-state index in [1.165, 1.54) is 0 Å². The Kier molecular flexibility index (Phi) is 5.61. The third-order valence-corrected chi connectivity index (χ3v) is 3.93. The summed E-state index contributed by atoms with van der Waals surface area (Å²) >= 11 is 0. The van der Waals surface area contributed by atoms with Gasteiger partial charge >= 0.3 is 0 Å². The predicted molar refractivity (Wildman–Crippen MR) is 106 cm³/mol. The average molecular weight is 366 g/mol. The molecule has 2 aromatic carbocycles. The van der Waals surface area contributed by atoms with Crippen LogP contribution in [0.5, 0.6) is 17.2 Å². The second kappa shape index (κ2) is 8.27. The minimum atomic E-state index is 0.455. The van der Waals surface area contributed by atoms with Crippen LogP contribution in [0.4, 0.5) is 23.1 Å². The van der Waals surface area contributed by atoms with Gasteiger partial charge in [-0.15, -0.1) is 0 Å². The lowest BCUT2D eigenvalue weighted by Crippen LogP contribution is -2.02. The van der Waals surface area contributed by atoms with E-state index in [2.05, 4.69) is 20.6 Å². The molecule has 140 valence electrons. The average Bonchev–Trinajstić information content (AvgIpc) is 2.69. The van der Waals surface area contributed by atoms with Gasteiger partial charge in [0.1, 0.15) is 23.1 Å². The molecule has 0 fully saturated rings. The highest BCUT2D eigenvalue weighted by molar-refractivity contribution is 5.68. The SMILES string of the molecule is COc1ccc(Nc2ccnc(Nc3cc(C)ccc3OC)n2)c(OC)c1. The van der Waals surface area contributed by atoms with E-state index in [4.69, 9.17) is 14.2 Å². The molecule has 0 saturated carbocycles. The maximum Gasteiger partial charge on any atom is 0.229 e. The van der Waals surface area contributed by atoms with E-state index >= 15 is 0 Å². The third-order valence-electron chi connectivity index (χ3n) is 3.93. The fourth-order valence-corrected chi connectivity index (χ4v) is 2.57. The molecule has 0 spiro atoms. The highest BCUT2D eigenvalue weighted by Crippen LogP contribution is 2.32. The Morgan fingerprint density at radius 3 is 2.33 bits per heavy atom. The first-order valence-corrected chi connectivity index (χ1v) is 8.36. The lowest BCUT2D eigenvalue weighted by molar-refractivity contribution is 0.395. The number of aryl methyl sites for hydroxylation is 1. The molecule has 7 heteroatoms. The molecule has 3 aromatic rings. The number of anilines is 4. The Bertz CT molecular complexity index is 931. The molecule has 7 nitrogen and oxygen atoms in total. The first kappa shape index (κ1) is 18.3. The number of rotatable bonds is 7. The maximum atomic E-state index is 5.41. The van der Waals surface area contributed by atoms with Crippen molar-refractivity contribution in [2.24, 2.45) is 0 Å². The molecule has 1 aromatic heterocycles. The van der Waals surface area contributed by atoms with Crippen molar-refractivity contribution in [3.05, 3.63) is 54.2 Å². The van der Waals surface area contributed by atoms with Gasteiger partial charge in [-0.2, -0.15) is 4.98 Å². The molecule has 1 heterocycles. The number of nitrogens with one attached hydrogen (secondary N) is 2. The molecule has 0 unspecified atom stereocenters. The van der Waals surface area contributed by atoms with Crippen molar-refractivity contribution in [1.82, 2.24) is 9.97 Å². The van der Waals surface area contributed by atoms with E-state index in [1.54, 1.807) is 39.7 Å². The van der Waals surface area contributed by atoms with Crippen molar-refractivity contribution in [3.63, 3.8) is 0 Å². The minimum Gasteiger partial charge on any atom is -0.497 e. The second-order valence-corrected chi connectivity index (χ2v) is 5.79. The van der Waals surface area contributed by atoms with Crippen LogP contribution in [-0.4, -0.2) is 31.3 Å². The number of methoxy groups -OCH3 is 3. The summed E-state index contributed by atoms with van der Waals surface area (Å²) in [5, 5.41) is 6.44. The minimum absolute atomic E-state index is 0.455. The van der Waals surface area contributed by atoms with Crippen LogP contribution >= 0.6 is 0 Å². The van der Waals surface area contributed by atoms with Crippen LogP contribution < -0.4 is 24.8 Å². The number of benzene rings is 2. The van der Waals surface area contributed by atoms with Gasteiger partial charge in [0.05, 0.1) is 32.7 Å². The van der Waals surface area contributed by atoms with Gasteiger partial charge in [-0.05, 0) is 42.8 Å². The highest BCUT2D eigenvalue weighted by Gasteiger charge is 2.09. The number of hydrogen-bond acceptors (Lipinski definition) is 7. The van der Waals surface area contributed by atoms with E-state index < -0.39 is 0 Å². The molecule has 2 N–H and O–H groups in total. The monoisotopic (exact) mass is 366 g/mol. The number of nitrogens with zero attached hydrogens (tertiary/aromatic N) is 2. The van der Waals surface area contributed by atoms with Crippen LogP contribution in [-0.2, 0) is 0 Å². The van der Waals surface area contributed by atoms with Gasteiger partial charge in [-0.25, -0.2) is 4.98 Å². The Morgan fingerprint density at radius 1 is 0.778 bits per heavy atom. The van der Waals surface area contributed by atoms with Gasteiger partial charge in [0.15, 0.2) is 0 Å². The van der Waals surface area contributed by atoms with E-state index in [0.717, 1.165) is 22.7 Å². The van der Waals surface area contributed by atoms with Crippen molar-refractivity contribution in [2.45, 2.75) is 6.92 Å². The largest absolute Gasteiger partial charge is 0.497 e. The number of aromatic nitrogens is 2. The molecule has 0 aliphatic rings. The quantitative estimate of drug-likeness (QED) is 0.645. The van der Waals surface area contributed by atoms with Crippen LogP contribution in [0.1, 0.15) is 5.56 Å². The van der Waals surface area contributed by atoms with Crippen molar-refractivity contribution < 1.29 is 14.2 Å². The Labute approximate surface area is 158 Å². The summed E-state index contributed by atoms with van der Waals surface area (Å²) in [6.45, 7) is 2.01. The molecule has 0 aliphatic carbocycles. The van der Waals surface area contributed by atoms with E-state index in [-0.39, 0.29) is 0 Å². The zero-order valence-electron chi connectivity index (χ0n) is 15.7. The first-order chi connectivity index (χ1) is 13.1. The van der Waals surface area contributed by atoms with Gasteiger partial charge in [0, 0.05) is 12.3 Å². The van der Waals surface area contributed by atoms with Crippen molar-refractivity contribution in [3.8, 4) is 17.2 Å². The standard InChI is InChI=1S/C20H22N4O3/c1-13-5-8-17(26-3)16(11-13)23-20-21-10-9-19(24-20)22-15-7-6-14(25-2)12-18(15)27-4/h5-12H,1-4H3,(H2,21,22,23,24). The van der Waals surface area contributed by atoms with Crippen LogP contribution in [0.3, 0.4) is 0 Å². The fourth-order valence-electron chi connectivity index (χ4n) is 2.57. The fraction of sp³-hybridized carbons (Fsp3) is 0.200. The Morgan fingerprint density at radius 2 is 1.59 bits per heavy atom. The van der Waals surface area contributed by atoms with Gasteiger partial charge in [-0.3, -0.25) is 0 Å². The number of ether oxygens (including phenoxy) is 3. The predicted octanol–water partition coefficient (Wildman–Crippen LogP) is 4.30. The molecule has 3 rings (SSSR count). The Balaban J connectivity index is 1.83. The van der Waals surface area contributed by atoms with Gasteiger partial charge in [0.2, 0.25) is 5.95 Å². The van der Waals surface area contributed by atoms with Crippen molar-refractivity contribution in [2.75, 3.05) is 32.0 Å². The highest BCUT2D eigenvalue weighted by atomic mass is 16.5. The normalized spacial score (nSPS) is 10.2. The summed E-state index contributed by atoms with van der Waals surface area (Å²) in [4.78, 5) is 8.79. The first-order valence-electron chi connectivity index (χ1n) is 8.36. The lowest BCUT2D eigenvalue weighted by atomic mass is 10.2. The molecular weight excluding hydrogens is 344 g/mol. The van der Waals surface area contributed by atoms with E-state index in [1.807, 2.05) is 37.3 Å². The van der Waals surface area contributed by atoms with Crippen LogP contribution in [0.2, 0.25) is 0 Å². The van der Waals surface area contributed by atoms with Crippen LogP contribution in [0, 0.1) is 6.92 Å². The molecule has 0 atom stereocenters. The number of hydrogen-bond donors (Lipinski definition) is 2. The maximum absolute atomic E-state index is 5.41. The van der Waals surface area contributed by atoms with Crippen molar-refractivity contribution >= 4 is 23.1 Å². The van der Waals surface area contributed by atoms with Crippen LogP contribution in [0.15, 0.2) is 48.7 Å². The van der Waals surface area contributed by atoms with Crippen molar-refractivity contribution in [1.29, 1.82) is 0 Å². The summed E-state index contributed by atoms with van der Waals surface area (Å²) in [5.41, 5.74) is 2.68. The molecule has 27 heavy (non-hydrogen) atoms. The summed E-state index contributed by atoms with van der Waals surface area (Å²) in [6, 6.07) is 13.2. The van der Waals surface area contributed by atoms with Crippen LogP contribution in [0.25, 0.3) is 0 Å². The van der Waals surface area contributed by atoms with E-state index in [0.29, 0.717) is 23.3 Å². The summed E-state index contributed by atoms with van der Waals surface area (Å²) in [7, 11) is 4.85. The lowest BCUT2D eigenvalue weighted by Gasteiger charge is -2.13. The summed E-state index contributed by atoms with van der Waals surface area (Å²) < 4.78 is 16.0. The van der Waals surface area contributed by atoms with E-state index in [9.17, 15) is 0 Å². The van der Waals surface area contributed by atoms with Gasteiger partial charge in [-0.1, -0.05) is 6.07 Å². The zero-order valence-corrected chi connectivity index (χ0v) is 15.7. The van der Waals surface area contributed by atoms with Gasteiger partial charge < -0.3 is 24.8 Å². The second-order valence-electron chi connectivity index (χ2n) is 5.79. The molecule has 0 bridgehead atoms. The zero-order chi connectivity index (χ0) is 19.2. The Hall–Kier alpha value is -3.48. The van der Waals surface area contributed by atoms with Gasteiger partial charge in [0.25, 0.3) is 0 Å². The topological polar surface area (TPSA) is 77.5 Å².